The molecule has 21 heavy (non-hydrogen) atoms. The quantitative estimate of drug-likeness (QED) is 0.547. The highest BCUT2D eigenvalue weighted by atomic mass is 32.1. The number of hydrogen-bond donors (Lipinski definition) is 3. The maximum Gasteiger partial charge on any atom is 0.247 e. The molecule has 2 aromatic rings. The molecule has 2 rings (SSSR count). The lowest BCUT2D eigenvalue weighted by Gasteiger charge is -2.04. The summed E-state index contributed by atoms with van der Waals surface area (Å²) in [6.07, 6.45) is 1.36. The summed E-state index contributed by atoms with van der Waals surface area (Å²) in [6.45, 7) is 0. The van der Waals surface area contributed by atoms with Crippen LogP contribution in [0.2, 0.25) is 0 Å². The van der Waals surface area contributed by atoms with E-state index < -0.39 is 0 Å². The number of aromatic nitrogens is 2. The molecule has 0 aliphatic heterocycles. The minimum absolute atomic E-state index is 0.0380. The maximum absolute atomic E-state index is 11.6. The molecule has 0 bridgehead atoms. The monoisotopic (exact) mass is 307 g/mol. The number of rotatable bonds is 5. The summed E-state index contributed by atoms with van der Waals surface area (Å²) in [4.78, 5) is 11.6. The average molecular weight is 307 g/mol. The van der Waals surface area contributed by atoms with Crippen LogP contribution in [0.5, 0.6) is 11.5 Å². The number of nitrogen functional groups attached to an aromatic ring is 1. The van der Waals surface area contributed by atoms with Gasteiger partial charge in [0.2, 0.25) is 11.0 Å². The zero-order valence-electron chi connectivity index (χ0n) is 11.1. The van der Waals surface area contributed by atoms with Crippen LogP contribution in [0.4, 0.5) is 5.13 Å². The molecule has 0 atom stereocenters. The Balaban J connectivity index is 1.94. The lowest BCUT2D eigenvalue weighted by atomic mass is 10.2. The van der Waals surface area contributed by atoms with Gasteiger partial charge in [-0.25, -0.2) is 5.43 Å². The first-order chi connectivity index (χ1) is 10.1. The van der Waals surface area contributed by atoms with Crippen LogP contribution >= 0.6 is 11.3 Å². The van der Waals surface area contributed by atoms with Gasteiger partial charge in [0.1, 0.15) is 5.01 Å². The van der Waals surface area contributed by atoms with Gasteiger partial charge in [0, 0.05) is 5.56 Å². The fraction of sp³-hybridized carbons (Fsp3) is 0.167. The van der Waals surface area contributed by atoms with Crippen LogP contribution in [0.25, 0.3) is 0 Å². The Kier molecular flexibility index (Phi) is 4.67. The number of nitrogens with zero attached hydrogens (tertiary/aromatic N) is 3. The van der Waals surface area contributed by atoms with Crippen molar-refractivity contribution in [2.75, 3.05) is 12.8 Å². The summed E-state index contributed by atoms with van der Waals surface area (Å²) in [5.74, 6) is -0.0747. The van der Waals surface area contributed by atoms with Crippen molar-refractivity contribution >= 4 is 28.6 Å². The van der Waals surface area contributed by atoms with E-state index in [9.17, 15) is 9.90 Å². The second kappa shape index (κ2) is 6.66. The Bertz CT molecular complexity index is 671. The number of nitrogens with one attached hydrogen (secondary N) is 1. The highest BCUT2D eigenvalue weighted by Crippen LogP contribution is 2.27. The average Bonchev–Trinajstić information content (AvgIpc) is 2.86. The van der Waals surface area contributed by atoms with E-state index in [0.29, 0.717) is 21.5 Å². The first-order valence-corrected chi connectivity index (χ1v) is 6.67. The molecule has 4 N–H and O–H groups in total. The lowest BCUT2D eigenvalue weighted by molar-refractivity contribution is -0.120. The third-order valence-corrected chi connectivity index (χ3v) is 3.19. The summed E-state index contributed by atoms with van der Waals surface area (Å²) < 4.78 is 4.97. The summed E-state index contributed by atoms with van der Waals surface area (Å²) in [5, 5.41) is 21.8. The van der Waals surface area contributed by atoms with E-state index in [1.165, 1.54) is 13.3 Å². The number of benzene rings is 1. The molecule has 0 fully saturated rings. The Hall–Kier alpha value is -2.68. The summed E-state index contributed by atoms with van der Waals surface area (Å²) >= 11 is 1.14. The minimum atomic E-state index is -0.357. The molecule has 1 aromatic heterocycles. The van der Waals surface area contributed by atoms with Crippen molar-refractivity contribution in [3.05, 3.63) is 28.8 Å². The number of carbonyl (C=O) groups excluding carboxylic acids is 1. The smallest absolute Gasteiger partial charge is 0.247 e. The van der Waals surface area contributed by atoms with Gasteiger partial charge in [-0.05, 0) is 12.1 Å². The summed E-state index contributed by atoms with van der Waals surface area (Å²) in [6, 6.07) is 4.95. The van der Waals surface area contributed by atoms with Crippen molar-refractivity contribution < 1.29 is 14.6 Å². The van der Waals surface area contributed by atoms with Gasteiger partial charge in [0.05, 0.1) is 19.7 Å². The number of phenols is 1. The number of anilines is 1. The predicted octanol–water partition coefficient (Wildman–Crippen LogP) is 0.527. The van der Waals surface area contributed by atoms with Gasteiger partial charge >= 0.3 is 0 Å². The molecule has 0 saturated carbocycles. The first-order valence-electron chi connectivity index (χ1n) is 5.86. The standard InChI is InChI=1S/C12H13N5O3S/c1-20-8-4-2-3-7(11(8)19)6-14-15-9(18)5-10-16-17-12(13)21-10/h2-4,6,19H,5H2,1H3,(H2,13,17)(H,15,18)/b14-6+. The van der Waals surface area contributed by atoms with Crippen LogP contribution in [-0.2, 0) is 11.2 Å². The van der Waals surface area contributed by atoms with Crippen LogP contribution in [0.3, 0.4) is 0 Å². The highest BCUT2D eigenvalue weighted by Gasteiger charge is 2.08. The van der Waals surface area contributed by atoms with Gasteiger partial charge in [-0.15, -0.1) is 10.2 Å². The molecule has 9 heteroatoms. The number of hydrogen-bond acceptors (Lipinski definition) is 8. The second-order valence-corrected chi connectivity index (χ2v) is 5.00. The molecule has 0 aliphatic rings. The van der Waals surface area contributed by atoms with E-state index in [2.05, 4.69) is 20.7 Å². The molecule has 0 spiro atoms. The van der Waals surface area contributed by atoms with Gasteiger partial charge in [0.15, 0.2) is 11.5 Å². The third-order valence-electron chi connectivity index (χ3n) is 2.44. The number of hydrazone groups is 1. The van der Waals surface area contributed by atoms with Crippen LogP contribution in [0.1, 0.15) is 10.6 Å². The SMILES string of the molecule is COc1cccc(/C=N/NC(=O)Cc2nnc(N)s2)c1O. The summed E-state index contributed by atoms with van der Waals surface area (Å²) in [5.41, 5.74) is 8.17. The number of ether oxygens (including phenoxy) is 1. The molecule has 8 nitrogen and oxygen atoms in total. The fourth-order valence-electron chi connectivity index (χ4n) is 1.50. The number of methoxy groups -OCH3 is 1. The largest absolute Gasteiger partial charge is 0.504 e. The number of carbonyl (C=O) groups is 1. The van der Waals surface area contributed by atoms with Crippen molar-refractivity contribution in [2.24, 2.45) is 5.10 Å². The van der Waals surface area contributed by atoms with Crippen molar-refractivity contribution in [1.82, 2.24) is 15.6 Å². The van der Waals surface area contributed by atoms with E-state index in [1.54, 1.807) is 18.2 Å². The molecule has 110 valence electrons. The van der Waals surface area contributed by atoms with E-state index >= 15 is 0 Å². The van der Waals surface area contributed by atoms with Crippen LogP contribution in [-0.4, -0.2) is 34.5 Å². The zero-order chi connectivity index (χ0) is 15.2. The molecule has 1 amide bonds. The van der Waals surface area contributed by atoms with Crippen LogP contribution < -0.4 is 15.9 Å². The number of para-hydroxylation sites is 1. The Labute approximate surface area is 124 Å². The normalized spacial score (nSPS) is 10.7. The van der Waals surface area contributed by atoms with Gasteiger partial charge < -0.3 is 15.6 Å². The van der Waals surface area contributed by atoms with Crippen molar-refractivity contribution in [3.63, 3.8) is 0 Å². The Morgan fingerprint density at radius 1 is 1.57 bits per heavy atom. The number of phenolic OH excluding ortho intramolecular Hbond substituents is 1. The zero-order valence-corrected chi connectivity index (χ0v) is 11.9. The van der Waals surface area contributed by atoms with Crippen LogP contribution in [0, 0.1) is 0 Å². The van der Waals surface area contributed by atoms with Gasteiger partial charge in [0.25, 0.3) is 0 Å². The van der Waals surface area contributed by atoms with Gasteiger partial charge in [-0.1, -0.05) is 17.4 Å². The molecule has 1 aromatic carbocycles. The number of nitrogens with two attached hydrogens (primary N) is 1. The van der Waals surface area contributed by atoms with Crippen molar-refractivity contribution in [1.29, 1.82) is 0 Å². The van der Waals surface area contributed by atoms with Crippen molar-refractivity contribution in [2.45, 2.75) is 6.42 Å². The maximum atomic E-state index is 11.6. The third kappa shape index (κ3) is 3.89. The Morgan fingerprint density at radius 2 is 2.38 bits per heavy atom. The molecule has 1 heterocycles. The van der Waals surface area contributed by atoms with Gasteiger partial charge in [-0.3, -0.25) is 4.79 Å². The first kappa shape index (κ1) is 14.7. The molecule has 0 saturated heterocycles. The highest BCUT2D eigenvalue weighted by molar-refractivity contribution is 7.15. The second-order valence-electron chi connectivity index (χ2n) is 3.90. The van der Waals surface area contributed by atoms with E-state index in [4.69, 9.17) is 10.5 Å². The lowest BCUT2D eigenvalue weighted by Crippen LogP contribution is -2.19. The molecule has 0 aliphatic carbocycles. The van der Waals surface area contributed by atoms with E-state index in [-0.39, 0.29) is 18.1 Å². The molecule has 0 radical (unpaired) electrons. The molecular formula is C12H13N5O3S. The van der Waals surface area contributed by atoms with E-state index in [0.717, 1.165) is 11.3 Å². The Morgan fingerprint density at radius 3 is 3.05 bits per heavy atom. The molecular weight excluding hydrogens is 294 g/mol. The van der Waals surface area contributed by atoms with Crippen molar-refractivity contribution in [3.8, 4) is 11.5 Å². The van der Waals surface area contributed by atoms with E-state index in [1.807, 2.05) is 0 Å². The summed E-state index contributed by atoms with van der Waals surface area (Å²) in [7, 11) is 1.45. The van der Waals surface area contributed by atoms with Crippen LogP contribution in [0.15, 0.2) is 23.3 Å². The number of amides is 1. The number of aromatic hydroxyl groups is 1. The minimum Gasteiger partial charge on any atom is -0.504 e. The van der Waals surface area contributed by atoms with Gasteiger partial charge in [-0.2, -0.15) is 5.10 Å². The topological polar surface area (TPSA) is 123 Å². The predicted molar refractivity (Wildman–Crippen MR) is 78.4 cm³/mol. The molecule has 0 unspecified atom stereocenters. The fourth-order valence-corrected chi connectivity index (χ4v) is 2.10.